The zero-order valence-electron chi connectivity index (χ0n) is 15.7. The fourth-order valence-corrected chi connectivity index (χ4v) is 2.17. The highest BCUT2D eigenvalue weighted by Gasteiger charge is 2.07. The third-order valence-electron chi connectivity index (χ3n) is 3.63. The van der Waals surface area contributed by atoms with E-state index >= 15 is 0 Å². The predicted molar refractivity (Wildman–Crippen MR) is 106 cm³/mol. The summed E-state index contributed by atoms with van der Waals surface area (Å²) < 4.78 is 5.35. The summed E-state index contributed by atoms with van der Waals surface area (Å²) in [5, 5.41) is 6.55. The summed E-state index contributed by atoms with van der Waals surface area (Å²) in [5.74, 6) is -0.688. The lowest BCUT2D eigenvalue weighted by Crippen LogP contribution is -2.26. The maximum absolute atomic E-state index is 12.0. The molecule has 3 amide bonds. The lowest BCUT2D eigenvalue weighted by molar-refractivity contribution is -0.123. The van der Waals surface area contributed by atoms with Gasteiger partial charge in [0.2, 0.25) is 11.8 Å². The van der Waals surface area contributed by atoms with Crippen LogP contribution in [0.3, 0.4) is 0 Å². The van der Waals surface area contributed by atoms with E-state index in [1.54, 1.807) is 31.2 Å². The van der Waals surface area contributed by atoms with E-state index in [-0.39, 0.29) is 18.9 Å². The quantitative estimate of drug-likeness (QED) is 0.477. The lowest BCUT2D eigenvalue weighted by atomic mass is 10.2. The molecule has 0 bridgehead atoms. The summed E-state index contributed by atoms with van der Waals surface area (Å²) in [6.45, 7) is 3.40. The predicted octanol–water partition coefficient (Wildman–Crippen LogP) is 1.99. The Hall–Kier alpha value is -3.68. The molecule has 0 aliphatic carbocycles. The molecule has 0 aliphatic rings. The molecule has 0 saturated carbocycles. The largest absolute Gasteiger partial charge is 0.484 e. The molecule has 8 nitrogen and oxygen atoms in total. The minimum absolute atomic E-state index is 0.00330. The first kappa shape index (κ1) is 20.6. The van der Waals surface area contributed by atoms with E-state index < -0.39 is 11.8 Å². The number of hydrazone groups is 1. The van der Waals surface area contributed by atoms with Gasteiger partial charge >= 0.3 is 0 Å². The second-order valence-corrected chi connectivity index (χ2v) is 6.15. The Kier molecular flexibility index (Phi) is 7.27. The molecule has 2 aromatic carbocycles. The van der Waals surface area contributed by atoms with Crippen LogP contribution in [-0.4, -0.2) is 30.0 Å². The lowest BCUT2D eigenvalue weighted by Gasteiger charge is -2.07. The fourth-order valence-electron chi connectivity index (χ4n) is 2.17. The standard InChI is InChI=1S/C20H22N4O4/c1-13-3-9-17(10-4-13)28-12-19(26)24-23-14(2)11-18(25)22-16-7-5-15(6-8-16)20(21)27/h3-10H,11-12H2,1-2H3,(H2,21,27)(H,22,25)(H,24,26). The Balaban J connectivity index is 1.76. The van der Waals surface area contributed by atoms with Gasteiger partial charge in [-0.25, -0.2) is 5.43 Å². The third kappa shape index (κ3) is 6.91. The molecule has 8 heteroatoms. The van der Waals surface area contributed by atoms with E-state index in [1.165, 1.54) is 12.1 Å². The first-order valence-corrected chi connectivity index (χ1v) is 8.54. The molecule has 4 N–H and O–H groups in total. The van der Waals surface area contributed by atoms with E-state index in [2.05, 4.69) is 15.8 Å². The van der Waals surface area contributed by atoms with Gasteiger partial charge in [0.1, 0.15) is 5.75 Å². The second-order valence-electron chi connectivity index (χ2n) is 6.15. The van der Waals surface area contributed by atoms with Crippen molar-refractivity contribution in [2.45, 2.75) is 20.3 Å². The second kappa shape index (κ2) is 9.86. The van der Waals surface area contributed by atoms with Gasteiger partial charge in [0.15, 0.2) is 6.61 Å². The maximum atomic E-state index is 12.0. The Morgan fingerprint density at radius 1 is 1.00 bits per heavy atom. The molecule has 0 aromatic heterocycles. The van der Waals surface area contributed by atoms with Crippen LogP contribution in [-0.2, 0) is 9.59 Å². The molecular formula is C20H22N4O4. The Labute approximate surface area is 162 Å². The molecule has 0 unspecified atom stereocenters. The molecule has 0 fully saturated rings. The van der Waals surface area contributed by atoms with Crippen molar-refractivity contribution >= 4 is 29.1 Å². The third-order valence-corrected chi connectivity index (χ3v) is 3.63. The van der Waals surface area contributed by atoms with Crippen molar-refractivity contribution in [3.05, 3.63) is 59.7 Å². The van der Waals surface area contributed by atoms with Gasteiger partial charge in [0, 0.05) is 17.0 Å². The molecule has 146 valence electrons. The first-order chi connectivity index (χ1) is 13.3. The highest BCUT2D eigenvalue weighted by atomic mass is 16.5. The number of amides is 3. The number of ether oxygens (including phenoxy) is 1. The van der Waals surface area contributed by atoms with Gasteiger partial charge in [-0.05, 0) is 50.2 Å². The zero-order valence-corrected chi connectivity index (χ0v) is 15.7. The minimum Gasteiger partial charge on any atom is -0.484 e. The molecule has 0 aliphatic heterocycles. The molecule has 0 radical (unpaired) electrons. The topological polar surface area (TPSA) is 123 Å². The Bertz CT molecular complexity index is 874. The van der Waals surface area contributed by atoms with E-state index in [1.807, 2.05) is 19.1 Å². The van der Waals surface area contributed by atoms with Crippen LogP contribution in [0, 0.1) is 6.92 Å². The Morgan fingerprint density at radius 2 is 1.64 bits per heavy atom. The average Bonchev–Trinajstić information content (AvgIpc) is 2.66. The van der Waals surface area contributed by atoms with Gasteiger partial charge in [-0.2, -0.15) is 5.10 Å². The molecule has 0 atom stereocenters. The van der Waals surface area contributed by atoms with Gasteiger partial charge in [0.05, 0.1) is 6.42 Å². The van der Waals surface area contributed by atoms with Crippen LogP contribution in [0.25, 0.3) is 0 Å². The van der Waals surface area contributed by atoms with Crippen LogP contribution in [0.15, 0.2) is 53.6 Å². The van der Waals surface area contributed by atoms with Crippen LogP contribution in [0.2, 0.25) is 0 Å². The zero-order chi connectivity index (χ0) is 20.5. The van der Waals surface area contributed by atoms with Gasteiger partial charge in [0.25, 0.3) is 5.91 Å². The molecule has 2 aromatic rings. The summed E-state index contributed by atoms with van der Waals surface area (Å²) >= 11 is 0. The van der Waals surface area contributed by atoms with Crippen molar-refractivity contribution in [1.29, 1.82) is 0 Å². The number of anilines is 1. The van der Waals surface area contributed by atoms with Crippen LogP contribution >= 0.6 is 0 Å². The van der Waals surface area contributed by atoms with Crippen LogP contribution < -0.4 is 21.2 Å². The van der Waals surface area contributed by atoms with Crippen molar-refractivity contribution in [2.24, 2.45) is 10.8 Å². The fraction of sp³-hybridized carbons (Fsp3) is 0.200. The van der Waals surface area contributed by atoms with Gasteiger partial charge in [-0.3, -0.25) is 14.4 Å². The SMILES string of the molecule is CC(CC(=O)Nc1ccc(C(N)=O)cc1)=NNC(=O)COc1ccc(C)cc1. The van der Waals surface area contributed by atoms with Crippen molar-refractivity contribution in [3.63, 3.8) is 0 Å². The van der Waals surface area contributed by atoms with E-state index in [0.717, 1.165) is 5.56 Å². The van der Waals surface area contributed by atoms with Crippen molar-refractivity contribution in [1.82, 2.24) is 5.43 Å². The normalized spacial score (nSPS) is 10.9. The minimum atomic E-state index is -0.539. The first-order valence-electron chi connectivity index (χ1n) is 8.54. The van der Waals surface area contributed by atoms with E-state index in [0.29, 0.717) is 22.7 Å². The van der Waals surface area contributed by atoms with E-state index in [4.69, 9.17) is 10.5 Å². The number of carbonyl (C=O) groups excluding carboxylic acids is 3. The van der Waals surface area contributed by atoms with Crippen LogP contribution in [0.1, 0.15) is 29.3 Å². The summed E-state index contributed by atoms with van der Waals surface area (Å²) in [5.41, 5.74) is 9.91. The number of nitrogens with zero attached hydrogens (tertiary/aromatic N) is 1. The maximum Gasteiger partial charge on any atom is 0.277 e. The molecule has 0 heterocycles. The number of hydrogen-bond acceptors (Lipinski definition) is 5. The highest BCUT2D eigenvalue weighted by Crippen LogP contribution is 2.11. The summed E-state index contributed by atoms with van der Waals surface area (Å²) in [7, 11) is 0. The molecule has 28 heavy (non-hydrogen) atoms. The van der Waals surface area contributed by atoms with Crippen molar-refractivity contribution < 1.29 is 19.1 Å². The Morgan fingerprint density at radius 3 is 2.25 bits per heavy atom. The average molecular weight is 382 g/mol. The monoisotopic (exact) mass is 382 g/mol. The van der Waals surface area contributed by atoms with Crippen molar-refractivity contribution in [2.75, 3.05) is 11.9 Å². The van der Waals surface area contributed by atoms with Gasteiger partial charge < -0.3 is 15.8 Å². The molecule has 2 rings (SSSR count). The number of rotatable bonds is 8. The number of benzene rings is 2. The molecule has 0 spiro atoms. The number of nitrogens with two attached hydrogens (primary N) is 1. The summed E-state index contributed by atoms with van der Waals surface area (Å²) in [6, 6.07) is 13.5. The number of primary amides is 1. The molecule has 0 saturated heterocycles. The van der Waals surface area contributed by atoms with E-state index in [9.17, 15) is 14.4 Å². The summed E-state index contributed by atoms with van der Waals surface area (Å²) in [4.78, 5) is 34.8. The smallest absolute Gasteiger partial charge is 0.277 e. The van der Waals surface area contributed by atoms with Crippen LogP contribution in [0.5, 0.6) is 5.75 Å². The number of carbonyl (C=O) groups is 3. The number of hydrogen-bond donors (Lipinski definition) is 3. The number of aryl methyl sites for hydroxylation is 1. The summed E-state index contributed by atoms with van der Waals surface area (Å²) in [6.07, 6.45) is -0.00330. The molecular weight excluding hydrogens is 360 g/mol. The van der Waals surface area contributed by atoms with Gasteiger partial charge in [-0.1, -0.05) is 17.7 Å². The van der Waals surface area contributed by atoms with Gasteiger partial charge in [-0.15, -0.1) is 0 Å². The van der Waals surface area contributed by atoms with Crippen molar-refractivity contribution in [3.8, 4) is 5.75 Å². The number of nitrogens with one attached hydrogen (secondary N) is 2. The van der Waals surface area contributed by atoms with Crippen LogP contribution in [0.4, 0.5) is 5.69 Å². The highest BCUT2D eigenvalue weighted by molar-refractivity contribution is 6.05.